The molecule has 160 valence electrons. The third kappa shape index (κ3) is 4.15. The normalized spacial score (nSPS) is 14.6. The van der Waals surface area contributed by atoms with E-state index in [0.29, 0.717) is 34.0 Å². The molecule has 0 saturated carbocycles. The lowest BCUT2D eigenvalue weighted by Crippen LogP contribution is -2.50. The average Bonchev–Trinajstić information content (AvgIpc) is 2.67. The fraction of sp³-hybridized carbons (Fsp3) is 0.375. The lowest BCUT2D eigenvalue weighted by atomic mass is 9.72. The van der Waals surface area contributed by atoms with Gasteiger partial charge in [0.05, 0.1) is 5.52 Å². The molecule has 1 atom stereocenters. The van der Waals surface area contributed by atoms with Crippen LogP contribution < -0.4 is 0 Å². The van der Waals surface area contributed by atoms with Crippen molar-refractivity contribution in [3.8, 4) is 5.75 Å². The van der Waals surface area contributed by atoms with Gasteiger partial charge in [-0.1, -0.05) is 57.2 Å². The van der Waals surface area contributed by atoms with Gasteiger partial charge in [0.1, 0.15) is 5.75 Å². The second kappa shape index (κ2) is 7.91. The summed E-state index contributed by atoms with van der Waals surface area (Å²) in [7, 11) is 0. The van der Waals surface area contributed by atoms with Crippen LogP contribution in [-0.4, -0.2) is 27.0 Å². The van der Waals surface area contributed by atoms with Gasteiger partial charge in [-0.15, -0.1) is 0 Å². The van der Waals surface area contributed by atoms with E-state index in [1.54, 1.807) is 56.3 Å². The van der Waals surface area contributed by atoms with Crippen molar-refractivity contribution in [1.82, 2.24) is 4.98 Å². The van der Waals surface area contributed by atoms with Gasteiger partial charge in [0, 0.05) is 18.0 Å². The molecule has 2 aromatic carbocycles. The summed E-state index contributed by atoms with van der Waals surface area (Å²) in [5, 5.41) is 22.1. The minimum absolute atomic E-state index is 0.0103. The zero-order valence-corrected chi connectivity index (χ0v) is 17.3. The van der Waals surface area contributed by atoms with Crippen molar-refractivity contribution in [3.05, 3.63) is 71.4 Å². The first-order valence-corrected chi connectivity index (χ1v) is 9.91. The molecule has 1 heterocycles. The Balaban J connectivity index is 2.04. The second-order valence-corrected chi connectivity index (χ2v) is 8.42. The Labute approximate surface area is 174 Å². The number of aliphatic hydroxyl groups is 1. The Bertz CT molecular complexity index is 1040. The second-order valence-electron chi connectivity index (χ2n) is 8.42. The first-order valence-electron chi connectivity index (χ1n) is 9.91. The summed E-state index contributed by atoms with van der Waals surface area (Å²) in [6.45, 7) is 5.10. The molecule has 0 amide bonds. The number of para-hydroxylation sites is 2. The standard InChI is InChI=1S/C24H26F3NO2/c1-4-16-8-7-10-19(21(16)29)22(2,3)15-23(30,24(25,26)27)14-17-12-13-28-20-11-6-5-9-18(17)20/h5-13,29-30H,4,14-15H2,1-3H3. The van der Waals surface area contributed by atoms with Gasteiger partial charge in [-0.05, 0) is 47.1 Å². The minimum Gasteiger partial charge on any atom is -0.507 e. The summed E-state index contributed by atoms with van der Waals surface area (Å²) in [4.78, 5) is 4.19. The minimum atomic E-state index is -4.85. The number of benzene rings is 2. The van der Waals surface area contributed by atoms with Crippen LogP contribution in [0.5, 0.6) is 5.75 Å². The Hall–Kier alpha value is -2.60. The van der Waals surface area contributed by atoms with E-state index in [1.165, 1.54) is 12.3 Å². The molecular weight excluding hydrogens is 391 g/mol. The highest BCUT2D eigenvalue weighted by Crippen LogP contribution is 2.45. The number of nitrogens with zero attached hydrogens (tertiary/aromatic N) is 1. The van der Waals surface area contributed by atoms with E-state index in [4.69, 9.17) is 0 Å². The van der Waals surface area contributed by atoms with Crippen LogP contribution in [-0.2, 0) is 18.3 Å². The molecule has 0 saturated heterocycles. The summed E-state index contributed by atoms with van der Waals surface area (Å²) < 4.78 is 42.5. The van der Waals surface area contributed by atoms with Crippen LogP contribution >= 0.6 is 0 Å². The van der Waals surface area contributed by atoms with Gasteiger partial charge >= 0.3 is 6.18 Å². The molecule has 2 N–H and O–H groups in total. The van der Waals surface area contributed by atoms with Gasteiger partial charge < -0.3 is 10.2 Å². The number of rotatable bonds is 6. The number of phenols is 1. The zero-order valence-electron chi connectivity index (χ0n) is 17.3. The topological polar surface area (TPSA) is 53.4 Å². The fourth-order valence-corrected chi connectivity index (χ4v) is 4.14. The maximum absolute atomic E-state index is 14.2. The highest BCUT2D eigenvalue weighted by molar-refractivity contribution is 5.81. The number of alkyl halides is 3. The predicted octanol–water partition coefficient (Wildman–Crippen LogP) is 5.71. The monoisotopic (exact) mass is 417 g/mol. The van der Waals surface area contributed by atoms with E-state index in [1.807, 2.05) is 6.92 Å². The van der Waals surface area contributed by atoms with Crippen molar-refractivity contribution >= 4 is 10.9 Å². The number of hydrogen-bond acceptors (Lipinski definition) is 3. The quantitative estimate of drug-likeness (QED) is 0.540. The van der Waals surface area contributed by atoms with Gasteiger partial charge in [0.15, 0.2) is 5.60 Å². The Kier molecular flexibility index (Phi) is 5.83. The maximum atomic E-state index is 14.2. The molecule has 1 unspecified atom stereocenters. The van der Waals surface area contributed by atoms with Crippen LogP contribution in [0.2, 0.25) is 0 Å². The largest absolute Gasteiger partial charge is 0.507 e. The highest BCUT2D eigenvalue weighted by Gasteiger charge is 2.56. The first kappa shape index (κ1) is 22.1. The third-order valence-corrected chi connectivity index (χ3v) is 5.71. The van der Waals surface area contributed by atoms with Crippen molar-refractivity contribution in [1.29, 1.82) is 0 Å². The van der Waals surface area contributed by atoms with Crippen LogP contribution in [0.15, 0.2) is 54.7 Å². The maximum Gasteiger partial charge on any atom is 0.417 e. The van der Waals surface area contributed by atoms with Crippen molar-refractivity contribution < 1.29 is 23.4 Å². The van der Waals surface area contributed by atoms with Gasteiger partial charge in [0.2, 0.25) is 0 Å². The van der Waals surface area contributed by atoms with Crippen LogP contribution in [0.1, 0.15) is 43.9 Å². The van der Waals surface area contributed by atoms with Crippen molar-refractivity contribution in [2.24, 2.45) is 0 Å². The SMILES string of the molecule is CCc1cccc(C(C)(C)CC(O)(Cc2ccnc3ccccc23)C(F)(F)F)c1O. The predicted molar refractivity (Wildman–Crippen MR) is 112 cm³/mol. The van der Waals surface area contributed by atoms with E-state index < -0.39 is 30.0 Å². The number of hydrogen-bond donors (Lipinski definition) is 2. The highest BCUT2D eigenvalue weighted by atomic mass is 19.4. The number of halogens is 3. The van der Waals surface area contributed by atoms with Crippen LogP contribution in [0.3, 0.4) is 0 Å². The molecule has 0 bridgehead atoms. The zero-order chi connectivity index (χ0) is 22.2. The molecule has 0 radical (unpaired) electrons. The first-order chi connectivity index (χ1) is 14.0. The molecule has 3 aromatic rings. The van der Waals surface area contributed by atoms with Gasteiger partial charge in [0.25, 0.3) is 0 Å². The molecule has 6 heteroatoms. The van der Waals surface area contributed by atoms with E-state index in [0.717, 1.165) is 0 Å². The molecule has 0 aliphatic rings. The summed E-state index contributed by atoms with van der Waals surface area (Å²) in [6.07, 6.45) is -4.04. The average molecular weight is 417 g/mol. The van der Waals surface area contributed by atoms with Crippen molar-refractivity contribution in [3.63, 3.8) is 0 Å². The van der Waals surface area contributed by atoms with Crippen molar-refractivity contribution in [2.75, 3.05) is 0 Å². The molecule has 3 nitrogen and oxygen atoms in total. The molecule has 0 spiro atoms. The van der Waals surface area contributed by atoms with Crippen LogP contribution in [0.25, 0.3) is 10.9 Å². The number of fused-ring (bicyclic) bond motifs is 1. The van der Waals surface area contributed by atoms with Gasteiger partial charge in [-0.3, -0.25) is 4.98 Å². The number of aromatic hydroxyl groups is 1. The molecule has 0 aliphatic carbocycles. The summed E-state index contributed by atoms with van der Waals surface area (Å²) in [5.41, 5.74) is -2.09. The van der Waals surface area contributed by atoms with Crippen LogP contribution in [0, 0.1) is 0 Å². The molecule has 1 aromatic heterocycles. The molecule has 0 fully saturated rings. The Morgan fingerprint density at radius 3 is 2.30 bits per heavy atom. The molecule has 30 heavy (non-hydrogen) atoms. The van der Waals surface area contributed by atoms with E-state index in [2.05, 4.69) is 4.98 Å². The Morgan fingerprint density at radius 1 is 0.933 bits per heavy atom. The Morgan fingerprint density at radius 2 is 1.63 bits per heavy atom. The molecule has 3 rings (SSSR count). The summed E-state index contributed by atoms with van der Waals surface area (Å²) >= 11 is 0. The lowest BCUT2D eigenvalue weighted by Gasteiger charge is -2.38. The molecule has 0 aliphatic heterocycles. The van der Waals surface area contributed by atoms with Gasteiger partial charge in [-0.25, -0.2) is 0 Å². The fourth-order valence-electron chi connectivity index (χ4n) is 4.14. The number of aromatic nitrogens is 1. The number of aryl methyl sites for hydroxylation is 1. The number of phenolic OH excluding ortho intramolecular Hbond substituents is 1. The van der Waals surface area contributed by atoms with E-state index >= 15 is 0 Å². The number of pyridine rings is 1. The lowest BCUT2D eigenvalue weighted by molar-refractivity contribution is -0.266. The van der Waals surface area contributed by atoms with Crippen LogP contribution in [0.4, 0.5) is 13.2 Å². The smallest absolute Gasteiger partial charge is 0.417 e. The van der Waals surface area contributed by atoms with Gasteiger partial charge in [-0.2, -0.15) is 13.2 Å². The van der Waals surface area contributed by atoms with E-state index in [9.17, 15) is 23.4 Å². The molecular formula is C24H26F3NO2. The van der Waals surface area contributed by atoms with E-state index in [-0.39, 0.29) is 5.75 Å². The summed E-state index contributed by atoms with van der Waals surface area (Å²) in [6, 6.07) is 13.5. The van der Waals surface area contributed by atoms with Crippen molar-refractivity contribution in [2.45, 2.75) is 57.2 Å². The third-order valence-electron chi connectivity index (χ3n) is 5.71. The summed E-state index contributed by atoms with van der Waals surface area (Å²) in [5.74, 6) is -0.0103.